The van der Waals surface area contributed by atoms with Gasteiger partial charge in [0.05, 0.1) is 6.04 Å². The number of nitrogens with one attached hydrogen (secondary N) is 1. The van der Waals surface area contributed by atoms with Crippen LogP contribution < -0.4 is 10.1 Å². The van der Waals surface area contributed by atoms with Crippen LogP contribution in [0.25, 0.3) is 0 Å². The molecule has 1 aliphatic rings. The van der Waals surface area contributed by atoms with Gasteiger partial charge < -0.3 is 20.3 Å². The van der Waals surface area contributed by atoms with E-state index in [4.69, 9.17) is 9.84 Å². The van der Waals surface area contributed by atoms with E-state index in [1.807, 2.05) is 6.07 Å². The van der Waals surface area contributed by atoms with Crippen LogP contribution in [-0.2, 0) is 0 Å². The molecule has 1 aliphatic heterocycles. The van der Waals surface area contributed by atoms with Crippen molar-refractivity contribution >= 4 is 0 Å². The molecular formula is C14H21NO3. The van der Waals surface area contributed by atoms with Gasteiger partial charge in [-0.05, 0) is 31.5 Å². The van der Waals surface area contributed by atoms with Gasteiger partial charge in [-0.15, -0.1) is 0 Å². The number of aliphatic hydroxyl groups is 1. The largest absolute Gasteiger partial charge is 0.508 e. The molecule has 0 bridgehead atoms. The summed E-state index contributed by atoms with van der Waals surface area (Å²) >= 11 is 0. The lowest BCUT2D eigenvalue weighted by Gasteiger charge is -2.11. The number of ether oxygens (including phenoxy) is 1. The summed E-state index contributed by atoms with van der Waals surface area (Å²) in [6, 6.07) is 5.52. The lowest BCUT2D eigenvalue weighted by molar-refractivity contribution is 0.281. The van der Waals surface area contributed by atoms with Crippen molar-refractivity contribution in [2.75, 3.05) is 19.8 Å². The molecule has 4 heteroatoms. The molecule has 1 heterocycles. The molecule has 0 amide bonds. The fraction of sp³-hybridized carbons (Fsp3) is 0.571. The monoisotopic (exact) mass is 251 g/mol. The second-order valence-electron chi connectivity index (χ2n) is 4.68. The Labute approximate surface area is 108 Å². The van der Waals surface area contributed by atoms with Crippen LogP contribution in [0.15, 0.2) is 18.2 Å². The number of aliphatic hydroxyl groups excluding tert-OH is 1. The van der Waals surface area contributed by atoms with Crippen molar-refractivity contribution in [3.05, 3.63) is 23.8 Å². The summed E-state index contributed by atoms with van der Waals surface area (Å²) in [6.07, 6.45) is 4.24. The van der Waals surface area contributed by atoms with E-state index in [1.165, 1.54) is 0 Å². The summed E-state index contributed by atoms with van der Waals surface area (Å²) < 4.78 is 5.53. The number of phenols is 1. The summed E-state index contributed by atoms with van der Waals surface area (Å²) in [5, 5.41) is 21.5. The third-order valence-electron chi connectivity index (χ3n) is 3.25. The normalized spacial score (nSPS) is 17.5. The van der Waals surface area contributed by atoms with Gasteiger partial charge in [0.2, 0.25) is 0 Å². The highest BCUT2D eigenvalue weighted by molar-refractivity contribution is 5.44. The lowest BCUT2D eigenvalue weighted by Crippen LogP contribution is -2.23. The molecule has 0 spiro atoms. The second-order valence-corrected chi connectivity index (χ2v) is 4.68. The Kier molecular flexibility index (Phi) is 4.84. The minimum absolute atomic E-state index is 0.235. The molecule has 0 fully saturated rings. The molecule has 0 saturated heterocycles. The number of hydrogen-bond acceptors (Lipinski definition) is 4. The van der Waals surface area contributed by atoms with Gasteiger partial charge in [-0.25, -0.2) is 0 Å². The molecule has 0 saturated carbocycles. The zero-order valence-corrected chi connectivity index (χ0v) is 10.6. The van der Waals surface area contributed by atoms with E-state index in [9.17, 15) is 5.11 Å². The molecule has 1 aromatic carbocycles. The Hall–Kier alpha value is -1.26. The highest BCUT2D eigenvalue weighted by atomic mass is 16.5. The van der Waals surface area contributed by atoms with E-state index in [0.717, 1.165) is 43.5 Å². The molecular weight excluding hydrogens is 230 g/mol. The Morgan fingerprint density at radius 1 is 1.22 bits per heavy atom. The minimum Gasteiger partial charge on any atom is -0.508 e. The predicted molar refractivity (Wildman–Crippen MR) is 69.9 cm³/mol. The fourth-order valence-electron chi connectivity index (χ4n) is 2.23. The van der Waals surface area contributed by atoms with Crippen LogP contribution in [0, 0.1) is 0 Å². The molecule has 0 aliphatic carbocycles. The average Bonchev–Trinajstić information content (AvgIpc) is 2.76. The Morgan fingerprint density at radius 3 is 2.89 bits per heavy atom. The fourth-order valence-corrected chi connectivity index (χ4v) is 2.23. The Morgan fingerprint density at radius 2 is 2.06 bits per heavy atom. The molecule has 100 valence electrons. The number of phenolic OH excluding ortho intramolecular Hbond substituents is 1. The zero-order chi connectivity index (χ0) is 12.8. The first-order chi connectivity index (χ1) is 8.81. The van der Waals surface area contributed by atoms with Crippen LogP contribution in [0.2, 0.25) is 0 Å². The number of fused-ring (bicyclic) bond motifs is 1. The first kappa shape index (κ1) is 13.2. The number of rotatable bonds is 7. The van der Waals surface area contributed by atoms with Crippen molar-refractivity contribution in [3.63, 3.8) is 0 Å². The molecule has 18 heavy (non-hydrogen) atoms. The summed E-state index contributed by atoms with van der Waals surface area (Å²) in [5.41, 5.74) is 1.13. The van der Waals surface area contributed by atoms with Crippen molar-refractivity contribution in [3.8, 4) is 11.5 Å². The molecule has 1 atom stereocenters. The maximum Gasteiger partial charge on any atom is 0.127 e. The quantitative estimate of drug-likeness (QED) is 0.648. The van der Waals surface area contributed by atoms with Crippen molar-refractivity contribution < 1.29 is 14.9 Å². The van der Waals surface area contributed by atoms with E-state index in [2.05, 4.69) is 5.32 Å². The molecule has 1 unspecified atom stereocenters. The van der Waals surface area contributed by atoms with Gasteiger partial charge in [-0.2, -0.15) is 0 Å². The Balaban J connectivity index is 1.73. The SMILES string of the molecule is OCCCCCCNC1COc2cc(O)ccc21. The van der Waals surface area contributed by atoms with Gasteiger partial charge in [0.25, 0.3) is 0 Å². The van der Waals surface area contributed by atoms with E-state index < -0.39 is 0 Å². The van der Waals surface area contributed by atoms with E-state index in [0.29, 0.717) is 13.2 Å². The molecule has 0 aromatic heterocycles. The van der Waals surface area contributed by atoms with Crippen molar-refractivity contribution in [2.45, 2.75) is 31.7 Å². The van der Waals surface area contributed by atoms with Gasteiger partial charge >= 0.3 is 0 Å². The maximum absolute atomic E-state index is 9.36. The number of aromatic hydroxyl groups is 1. The molecule has 4 nitrogen and oxygen atoms in total. The third-order valence-corrected chi connectivity index (χ3v) is 3.25. The smallest absolute Gasteiger partial charge is 0.127 e. The standard InChI is InChI=1S/C14H21NO3/c16-8-4-2-1-3-7-15-13-10-18-14-9-11(17)5-6-12(13)14/h5-6,9,13,15-17H,1-4,7-8,10H2. The highest BCUT2D eigenvalue weighted by Crippen LogP contribution is 2.34. The van der Waals surface area contributed by atoms with Gasteiger partial charge in [0, 0.05) is 18.2 Å². The van der Waals surface area contributed by atoms with Crippen LogP contribution in [-0.4, -0.2) is 30.0 Å². The van der Waals surface area contributed by atoms with Gasteiger partial charge in [-0.3, -0.25) is 0 Å². The van der Waals surface area contributed by atoms with Crippen LogP contribution in [0.4, 0.5) is 0 Å². The lowest BCUT2D eigenvalue weighted by atomic mass is 10.1. The summed E-state index contributed by atoms with van der Waals surface area (Å²) in [6.45, 7) is 1.88. The first-order valence-electron chi connectivity index (χ1n) is 6.61. The molecule has 1 aromatic rings. The van der Waals surface area contributed by atoms with Crippen LogP contribution in [0.3, 0.4) is 0 Å². The van der Waals surface area contributed by atoms with Gasteiger partial charge in [0.15, 0.2) is 0 Å². The van der Waals surface area contributed by atoms with Crippen LogP contribution in [0.1, 0.15) is 37.3 Å². The van der Waals surface area contributed by atoms with Gasteiger partial charge in [-0.1, -0.05) is 12.8 Å². The molecule has 0 radical (unpaired) electrons. The molecule has 3 N–H and O–H groups in total. The topological polar surface area (TPSA) is 61.7 Å². The van der Waals surface area contributed by atoms with E-state index in [-0.39, 0.29) is 11.8 Å². The number of benzene rings is 1. The first-order valence-corrected chi connectivity index (χ1v) is 6.61. The highest BCUT2D eigenvalue weighted by Gasteiger charge is 2.23. The number of unbranched alkanes of at least 4 members (excludes halogenated alkanes) is 3. The predicted octanol–water partition coefficient (Wildman–Crippen LogP) is 1.97. The summed E-state index contributed by atoms with van der Waals surface area (Å²) in [5.74, 6) is 1.03. The average molecular weight is 251 g/mol. The van der Waals surface area contributed by atoms with Crippen molar-refractivity contribution in [1.82, 2.24) is 5.32 Å². The number of hydrogen-bond donors (Lipinski definition) is 3. The molecule has 2 rings (SSSR count). The van der Waals surface area contributed by atoms with Crippen LogP contribution in [0.5, 0.6) is 11.5 Å². The summed E-state index contributed by atoms with van der Waals surface area (Å²) in [7, 11) is 0. The van der Waals surface area contributed by atoms with E-state index in [1.54, 1.807) is 12.1 Å². The van der Waals surface area contributed by atoms with Crippen molar-refractivity contribution in [1.29, 1.82) is 0 Å². The maximum atomic E-state index is 9.36. The summed E-state index contributed by atoms with van der Waals surface area (Å²) in [4.78, 5) is 0. The Bertz CT molecular complexity index is 381. The van der Waals surface area contributed by atoms with Gasteiger partial charge in [0.1, 0.15) is 18.1 Å². The van der Waals surface area contributed by atoms with Crippen LogP contribution >= 0.6 is 0 Å². The van der Waals surface area contributed by atoms with E-state index >= 15 is 0 Å². The zero-order valence-electron chi connectivity index (χ0n) is 10.6. The minimum atomic E-state index is 0.235. The third kappa shape index (κ3) is 3.37. The van der Waals surface area contributed by atoms with Crippen molar-refractivity contribution in [2.24, 2.45) is 0 Å². The second kappa shape index (κ2) is 6.61.